The molecule has 4 heteroatoms. The smallest absolute Gasteiger partial charge is 0.105 e. The minimum absolute atomic E-state index is 0.266. The van der Waals surface area contributed by atoms with Gasteiger partial charge in [-0.2, -0.15) is 0 Å². The summed E-state index contributed by atoms with van der Waals surface area (Å²) >= 11 is 0. The fourth-order valence-electron chi connectivity index (χ4n) is 1.57. The maximum atomic E-state index is 5.60. The molecule has 0 aromatic carbocycles. The van der Waals surface area contributed by atoms with Crippen LogP contribution in [0.5, 0.6) is 0 Å². The van der Waals surface area contributed by atoms with E-state index in [1.165, 1.54) is 5.56 Å². The highest BCUT2D eigenvalue weighted by Crippen LogP contribution is 2.09. The molecule has 0 aliphatic carbocycles. The van der Waals surface area contributed by atoms with Gasteiger partial charge in [-0.3, -0.25) is 4.98 Å². The third-order valence-corrected chi connectivity index (χ3v) is 2.72. The fourth-order valence-corrected chi connectivity index (χ4v) is 1.57. The second kappa shape index (κ2) is 6.69. The maximum absolute atomic E-state index is 5.60. The van der Waals surface area contributed by atoms with Crippen LogP contribution in [0.1, 0.15) is 24.6 Å². The molecule has 94 valence electrons. The molecule has 17 heavy (non-hydrogen) atoms. The fraction of sp³-hybridized carbons (Fsp3) is 0.615. The molecule has 1 aliphatic heterocycles. The molecule has 0 bridgehead atoms. The summed E-state index contributed by atoms with van der Waals surface area (Å²) in [6.07, 6.45) is 3.34. The van der Waals surface area contributed by atoms with Gasteiger partial charge in [0.15, 0.2) is 0 Å². The maximum Gasteiger partial charge on any atom is 0.105 e. The van der Waals surface area contributed by atoms with E-state index in [0.29, 0.717) is 6.61 Å². The molecule has 1 aliphatic rings. The monoisotopic (exact) mass is 236 g/mol. The molecule has 0 spiro atoms. The minimum atomic E-state index is 0.266. The van der Waals surface area contributed by atoms with E-state index in [1.54, 1.807) is 0 Å². The molecule has 4 nitrogen and oxygen atoms in total. The van der Waals surface area contributed by atoms with Crippen molar-refractivity contribution in [2.75, 3.05) is 19.8 Å². The van der Waals surface area contributed by atoms with Gasteiger partial charge in [0, 0.05) is 12.7 Å². The average Bonchev–Trinajstić information content (AvgIpc) is 2.29. The van der Waals surface area contributed by atoms with Gasteiger partial charge in [-0.1, -0.05) is 13.0 Å². The lowest BCUT2D eigenvalue weighted by Gasteiger charge is -2.25. The quantitative estimate of drug-likeness (QED) is 0.729. The molecular weight excluding hydrogens is 216 g/mol. The van der Waals surface area contributed by atoms with E-state index >= 15 is 0 Å². The van der Waals surface area contributed by atoms with Crippen LogP contribution in [-0.2, 0) is 22.6 Å². The highest BCUT2D eigenvalue weighted by molar-refractivity contribution is 5.13. The summed E-state index contributed by atoms with van der Waals surface area (Å²) in [4.78, 5) is 4.38. The van der Waals surface area contributed by atoms with Gasteiger partial charge in [0.05, 0.1) is 25.5 Å². The lowest BCUT2D eigenvalue weighted by molar-refractivity contribution is -0.135. The Morgan fingerprint density at radius 2 is 2.35 bits per heavy atom. The van der Waals surface area contributed by atoms with Crippen molar-refractivity contribution in [2.24, 2.45) is 0 Å². The molecular formula is C13H20N2O2. The van der Waals surface area contributed by atoms with Gasteiger partial charge in [-0.05, 0) is 24.6 Å². The molecule has 1 N–H and O–H groups in total. The van der Waals surface area contributed by atoms with Crippen molar-refractivity contribution >= 4 is 0 Å². The van der Waals surface area contributed by atoms with Crippen molar-refractivity contribution < 1.29 is 9.47 Å². The number of hydrogen-bond acceptors (Lipinski definition) is 4. The largest absolute Gasteiger partial charge is 0.376 e. The van der Waals surface area contributed by atoms with E-state index in [-0.39, 0.29) is 6.10 Å². The van der Waals surface area contributed by atoms with Gasteiger partial charge in [0.1, 0.15) is 6.10 Å². The number of pyridine rings is 1. The zero-order valence-corrected chi connectivity index (χ0v) is 10.3. The summed E-state index contributed by atoms with van der Waals surface area (Å²) < 4.78 is 10.6. The topological polar surface area (TPSA) is 43.4 Å². The first-order valence-corrected chi connectivity index (χ1v) is 6.22. The van der Waals surface area contributed by atoms with Crippen LogP contribution in [0.25, 0.3) is 0 Å². The van der Waals surface area contributed by atoms with Gasteiger partial charge >= 0.3 is 0 Å². The minimum Gasteiger partial charge on any atom is -0.376 e. The van der Waals surface area contributed by atoms with E-state index < -0.39 is 0 Å². The van der Waals surface area contributed by atoms with Crippen molar-refractivity contribution in [3.8, 4) is 0 Å². The first-order chi connectivity index (χ1) is 8.38. The second-order valence-corrected chi connectivity index (χ2v) is 4.31. The van der Waals surface area contributed by atoms with Gasteiger partial charge in [0.25, 0.3) is 0 Å². The van der Waals surface area contributed by atoms with E-state index in [0.717, 1.165) is 38.4 Å². The molecule has 2 rings (SSSR count). The lowest BCUT2D eigenvalue weighted by Crippen LogP contribution is -2.35. The number of aromatic nitrogens is 1. The van der Waals surface area contributed by atoms with Crippen LogP contribution in [0.2, 0.25) is 0 Å². The molecule has 0 radical (unpaired) electrons. The summed E-state index contributed by atoms with van der Waals surface area (Å²) in [5.41, 5.74) is 2.20. The van der Waals surface area contributed by atoms with E-state index in [1.807, 2.05) is 12.3 Å². The standard InChI is InChI=1S/C13H20N2O2/c1-2-5-14-6-11-3-4-12(15-7-11)8-17-13-9-16-10-13/h3-4,7,13-14H,2,5-6,8-10H2,1H3. The zero-order valence-electron chi connectivity index (χ0n) is 10.3. The third-order valence-electron chi connectivity index (χ3n) is 2.72. The Morgan fingerprint density at radius 1 is 1.47 bits per heavy atom. The Kier molecular flexibility index (Phi) is 4.91. The molecule has 0 saturated carbocycles. The number of rotatable bonds is 7. The number of ether oxygens (including phenoxy) is 2. The van der Waals surface area contributed by atoms with Crippen LogP contribution in [0.4, 0.5) is 0 Å². The molecule has 1 fully saturated rings. The Labute approximate surface area is 102 Å². The molecule has 1 aromatic rings. The predicted octanol–water partition coefficient (Wildman–Crippen LogP) is 1.50. The summed E-state index contributed by atoms with van der Waals surface area (Å²) in [6, 6.07) is 4.13. The van der Waals surface area contributed by atoms with Crippen molar-refractivity contribution in [1.82, 2.24) is 10.3 Å². The number of nitrogens with zero attached hydrogens (tertiary/aromatic N) is 1. The third kappa shape index (κ3) is 4.07. The van der Waals surface area contributed by atoms with E-state index in [9.17, 15) is 0 Å². The molecule has 0 unspecified atom stereocenters. The van der Waals surface area contributed by atoms with Crippen molar-refractivity contribution in [2.45, 2.75) is 32.6 Å². The Morgan fingerprint density at radius 3 is 2.94 bits per heavy atom. The molecule has 1 aromatic heterocycles. The van der Waals surface area contributed by atoms with Crippen LogP contribution in [0.3, 0.4) is 0 Å². The summed E-state index contributed by atoms with van der Waals surface area (Å²) in [6.45, 7) is 6.12. The van der Waals surface area contributed by atoms with E-state index in [4.69, 9.17) is 9.47 Å². The number of hydrogen-bond donors (Lipinski definition) is 1. The van der Waals surface area contributed by atoms with Gasteiger partial charge in [-0.15, -0.1) is 0 Å². The van der Waals surface area contributed by atoms with Crippen molar-refractivity contribution in [3.05, 3.63) is 29.6 Å². The summed E-state index contributed by atoms with van der Waals surface area (Å²) in [7, 11) is 0. The highest BCUT2D eigenvalue weighted by atomic mass is 16.6. The second-order valence-electron chi connectivity index (χ2n) is 4.31. The Hall–Kier alpha value is -0.970. The van der Waals surface area contributed by atoms with Gasteiger partial charge in [0.2, 0.25) is 0 Å². The van der Waals surface area contributed by atoms with E-state index in [2.05, 4.69) is 23.3 Å². The molecule has 0 atom stereocenters. The lowest BCUT2D eigenvalue weighted by atomic mass is 10.2. The van der Waals surface area contributed by atoms with Crippen LogP contribution >= 0.6 is 0 Å². The average molecular weight is 236 g/mol. The van der Waals surface area contributed by atoms with Crippen molar-refractivity contribution in [3.63, 3.8) is 0 Å². The predicted molar refractivity (Wildman–Crippen MR) is 65.6 cm³/mol. The molecule has 0 amide bonds. The van der Waals surface area contributed by atoms with Gasteiger partial charge in [-0.25, -0.2) is 0 Å². The molecule has 2 heterocycles. The number of nitrogens with one attached hydrogen (secondary N) is 1. The van der Waals surface area contributed by atoms with Crippen LogP contribution in [-0.4, -0.2) is 30.8 Å². The molecule has 1 saturated heterocycles. The SMILES string of the molecule is CCCNCc1ccc(COC2COC2)nc1. The Bertz CT molecular complexity index is 323. The Balaban J connectivity index is 1.72. The first-order valence-electron chi connectivity index (χ1n) is 6.22. The highest BCUT2D eigenvalue weighted by Gasteiger charge is 2.18. The van der Waals surface area contributed by atoms with Crippen LogP contribution < -0.4 is 5.32 Å². The first kappa shape index (κ1) is 12.5. The van der Waals surface area contributed by atoms with Crippen molar-refractivity contribution in [1.29, 1.82) is 0 Å². The summed E-state index contributed by atoms with van der Waals surface area (Å²) in [5, 5.41) is 3.35. The zero-order chi connectivity index (χ0) is 11.9. The van der Waals surface area contributed by atoms with Gasteiger partial charge < -0.3 is 14.8 Å². The normalized spacial score (nSPS) is 15.8. The summed E-state index contributed by atoms with van der Waals surface area (Å²) in [5.74, 6) is 0. The van der Waals surface area contributed by atoms with Crippen LogP contribution in [0, 0.1) is 0 Å². The van der Waals surface area contributed by atoms with Crippen LogP contribution in [0.15, 0.2) is 18.3 Å².